The Bertz CT molecular complexity index is 291. The Hall–Kier alpha value is -1.33. The lowest BCUT2D eigenvalue weighted by atomic mass is 10.1. The van der Waals surface area contributed by atoms with Crippen LogP contribution in [0.15, 0.2) is 12.3 Å². The van der Waals surface area contributed by atoms with Crippen molar-refractivity contribution in [3.8, 4) is 5.75 Å². The van der Waals surface area contributed by atoms with Gasteiger partial charge in [0.2, 0.25) is 0 Å². The summed E-state index contributed by atoms with van der Waals surface area (Å²) < 4.78 is 4.95. The second kappa shape index (κ2) is 4.06. The van der Waals surface area contributed by atoms with E-state index in [1.54, 1.807) is 6.07 Å². The summed E-state index contributed by atoms with van der Waals surface area (Å²) >= 11 is 0. The van der Waals surface area contributed by atoms with Gasteiger partial charge in [0.1, 0.15) is 11.6 Å². The molecular weight excluding hydrogens is 170 g/mol. The van der Waals surface area contributed by atoms with Gasteiger partial charge in [0, 0.05) is 5.56 Å². The van der Waals surface area contributed by atoms with Crippen molar-refractivity contribution in [2.24, 2.45) is 5.73 Å². The summed E-state index contributed by atoms with van der Waals surface area (Å²) in [6.45, 7) is -0.168. The summed E-state index contributed by atoms with van der Waals surface area (Å²) in [6, 6.07) is 1.16. The van der Waals surface area contributed by atoms with Crippen molar-refractivity contribution in [2.75, 3.05) is 19.5 Å². The number of nitrogens with zero attached hydrogens (tertiary/aromatic N) is 1. The first-order valence-electron chi connectivity index (χ1n) is 3.85. The number of hydrogen-bond acceptors (Lipinski definition) is 5. The molecule has 1 rings (SSSR count). The molecule has 1 aromatic rings. The molecule has 72 valence electrons. The zero-order chi connectivity index (χ0) is 9.84. The van der Waals surface area contributed by atoms with Gasteiger partial charge >= 0.3 is 0 Å². The van der Waals surface area contributed by atoms with Crippen molar-refractivity contribution < 1.29 is 9.84 Å². The Kier molecular flexibility index (Phi) is 3.05. The molecule has 5 nitrogen and oxygen atoms in total. The van der Waals surface area contributed by atoms with Gasteiger partial charge in [0.25, 0.3) is 0 Å². The summed E-state index contributed by atoms with van der Waals surface area (Å²) in [7, 11) is 1.53. The van der Waals surface area contributed by atoms with Gasteiger partial charge in [-0.15, -0.1) is 0 Å². The highest BCUT2D eigenvalue weighted by molar-refractivity contribution is 5.44. The normalized spacial score (nSPS) is 12.5. The number of ether oxygens (including phenoxy) is 1. The smallest absolute Gasteiger partial charge is 0.137 e. The maximum atomic E-state index is 8.83. The highest BCUT2D eigenvalue weighted by Crippen LogP contribution is 2.21. The van der Waals surface area contributed by atoms with Crippen LogP contribution in [-0.2, 0) is 0 Å². The maximum absolute atomic E-state index is 8.83. The molecule has 0 amide bonds. The molecule has 0 aliphatic rings. The molecule has 1 atom stereocenters. The van der Waals surface area contributed by atoms with E-state index in [1.807, 2.05) is 0 Å². The van der Waals surface area contributed by atoms with E-state index in [9.17, 15) is 0 Å². The number of aromatic nitrogens is 1. The van der Waals surface area contributed by atoms with E-state index in [0.717, 1.165) is 0 Å². The van der Waals surface area contributed by atoms with Crippen LogP contribution in [0.5, 0.6) is 5.75 Å². The Morgan fingerprint density at radius 2 is 2.38 bits per heavy atom. The number of pyridine rings is 1. The van der Waals surface area contributed by atoms with Crippen molar-refractivity contribution in [1.29, 1.82) is 0 Å². The van der Waals surface area contributed by atoms with Crippen LogP contribution < -0.4 is 16.2 Å². The van der Waals surface area contributed by atoms with E-state index in [0.29, 0.717) is 17.1 Å². The van der Waals surface area contributed by atoms with Crippen LogP contribution in [-0.4, -0.2) is 23.8 Å². The zero-order valence-electron chi connectivity index (χ0n) is 7.40. The summed E-state index contributed by atoms with van der Waals surface area (Å²) in [5.74, 6) is 0.899. The number of methoxy groups -OCH3 is 1. The molecule has 5 heteroatoms. The molecule has 1 heterocycles. The third-order valence-electron chi connectivity index (χ3n) is 1.76. The van der Waals surface area contributed by atoms with Gasteiger partial charge in [-0.2, -0.15) is 0 Å². The Labute approximate surface area is 76.3 Å². The molecule has 0 spiro atoms. The predicted molar refractivity (Wildman–Crippen MR) is 49.2 cm³/mol. The molecule has 1 unspecified atom stereocenters. The van der Waals surface area contributed by atoms with E-state index in [2.05, 4.69) is 4.98 Å². The summed E-state index contributed by atoms with van der Waals surface area (Å²) in [5, 5.41) is 8.83. The van der Waals surface area contributed by atoms with E-state index < -0.39 is 6.04 Å². The first kappa shape index (κ1) is 9.76. The second-order valence-corrected chi connectivity index (χ2v) is 2.64. The fraction of sp³-hybridized carbons (Fsp3) is 0.375. The molecular formula is C8H13N3O2. The van der Waals surface area contributed by atoms with E-state index in [-0.39, 0.29) is 6.61 Å². The zero-order valence-corrected chi connectivity index (χ0v) is 7.40. The van der Waals surface area contributed by atoms with Gasteiger partial charge in [-0.25, -0.2) is 4.98 Å². The van der Waals surface area contributed by atoms with Gasteiger partial charge in [-0.05, 0) is 6.07 Å². The topological polar surface area (TPSA) is 94.4 Å². The second-order valence-electron chi connectivity index (χ2n) is 2.64. The largest absolute Gasteiger partial charge is 0.495 e. The summed E-state index contributed by atoms with van der Waals surface area (Å²) in [4.78, 5) is 3.88. The first-order valence-corrected chi connectivity index (χ1v) is 3.85. The van der Waals surface area contributed by atoms with Crippen LogP contribution in [0.1, 0.15) is 11.6 Å². The van der Waals surface area contributed by atoms with Crippen LogP contribution >= 0.6 is 0 Å². The number of nitrogens with two attached hydrogens (primary N) is 2. The van der Waals surface area contributed by atoms with Crippen molar-refractivity contribution in [1.82, 2.24) is 4.98 Å². The molecule has 1 aromatic heterocycles. The molecule has 0 aliphatic heterocycles. The SMILES string of the molecule is COc1cnc(N)c(C(N)CO)c1. The van der Waals surface area contributed by atoms with E-state index in [1.165, 1.54) is 13.3 Å². The molecule has 0 radical (unpaired) electrons. The molecule has 0 fully saturated rings. The van der Waals surface area contributed by atoms with Crippen molar-refractivity contribution in [3.05, 3.63) is 17.8 Å². The summed E-state index contributed by atoms with van der Waals surface area (Å²) in [5.41, 5.74) is 11.8. The van der Waals surface area contributed by atoms with Crippen molar-refractivity contribution in [3.63, 3.8) is 0 Å². The molecule has 0 bridgehead atoms. The highest BCUT2D eigenvalue weighted by atomic mass is 16.5. The molecule has 0 aromatic carbocycles. The van der Waals surface area contributed by atoms with Crippen LogP contribution in [0.2, 0.25) is 0 Å². The Morgan fingerprint density at radius 1 is 1.69 bits per heavy atom. The minimum absolute atomic E-state index is 0.168. The fourth-order valence-corrected chi connectivity index (χ4v) is 0.979. The number of rotatable bonds is 3. The van der Waals surface area contributed by atoms with Gasteiger partial charge in [0.15, 0.2) is 0 Å². The lowest BCUT2D eigenvalue weighted by Crippen LogP contribution is -2.17. The summed E-state index contributed by atoms with van der Waals surface area (Å²) in [6.07, 6.45) is 1.50. The third kappa shape index (κ3) is 2.07. The molecule has 0 saturated carbocycles. The van der Waals surface area contributed by atoms with E-state index >= 15 is 0 Å². The van der Waals surface area contributed by atoms with E-state index in [4.69, 9.17) is 21.3 Å². The maximum Gasteiger partial charge on any atom is 0.137 e. The molecule has 5 N–H and O–H groups in total. The van der Waals surface area contributed by atoms with Crippen LogP contribution in [0.4, 0.5) is 5.82 Å². The minimum atomic E-state index is -0.511. The van der Waals surface area contributed by atoms with Gasteiger partial charge in [-0.3, -0.25) is 0 Å². The van der Waals surface area contributed by atoms with Gasteiger partial charge < -0.3 is 21.3 Å². The lowest BCUT2D eigenvalue weighted by molar-refractivity contribution is 0.268. The highest BCUT2D eigenvalue weighted by Gasteiger charge is 2.10. The lowest BCUT2D eigenvalue weighted by Gasteiger charge is -2.11. The van der Waals surface area contributed by atoms with Crippen molar-refractivity contribution >= 4 is 5.82 Å². The minimum Gasteiger partial charge on any atom is -0.495 e. The van der Waals surface area contributed by atoms with Crippen LogP contribution in [0.3, 0.4) is 0 Å². The standard InChI is InChI=1S/C8H13N3O2/c1-13-5-2-6(7(9)4-12)8(10)11-3-5/h2-3,7,12H,4,9H2,1H3,(H2,10,11). The number of aliphatic hydroxyl groups excluding tert-OH is 1. The van der Waals surface area contributed by atoms with Crippen molar-refractivity contribution in [2.45, 2.75) is 6.04 Å². The van der Waals surface area contributed by atoms with Gasteiger partial charge in [-0.1, -0.05) is 0 Å². The Morgan fingerprint density at radius 3 is 2.92 bits per heavy atom. The van der Waals surface area contributed by atoms with Crippen LogP contribution in [0.25, 0.3) is 0 Å². The number of anilines is 1. The number of aliphatic hydroxyl groups is 1. The average molecular weight is 183 g/mol. The fourth-order valence-electron chi connectivity index (χ4n) is 0.979. The number of nitrogen functional groups attached to an aromatic ring is 1. The predicted octanol–water partition coefficient (Wildman–Crippen LogP) is -0.336. The average Bonchev–Trinajstić information content (AvgIpc) is 2.17. The quantitative estimate of drug-likeness (QED) is 0.596. The Balaban J connectivity index is 3.03. The molecule has 0 aliphatic carbocycles. The first-order chi connectivity index (χ1) is 6.19. The molecule has 13 heavy (non-hydrogen) atoms. The number of hydrogen-bond donors (Lipinski definition) is 3. The molecule has 0 saturated heterocycles. The monoisotopic (exact) mass is 183 g/mol. The van der Waals surface area contributed by atoms with Crippen LogP contribution in [0, 0.1) is 0 Å². The third-order valence-corrected chi connectivity index (χ3v) is 1.76. The van der Waals surface area contributed by atoms with Gasteiger partial charge in [0.05, 0.1) is 26.0 Å².